The van der Waals surface area contributed by atoms with Gasteiger partial charge in [0, 0.05) is 28.1 Å². The highest BCUT2D eigenvalue weighted by molar-refractivity contribution is 5.89. The summed E-state index contributed by atoms with van der Waals surface area (Å²) in [6.45, 7) is 19.9. The minimum Gasteiger partial charge on any atom is -0.376 e. The lowest BCUT2D eigenvalue weighted by atomic mass is 9.85. The zero-order valence-electron chi connectivity index (χ0n) is 25.4. The molecule has 40 heavy (non-hydrogen) atoms. The maximum Gasteiger partial charge on any atom is 0.0744 e. The van der Waals surface area contributed by atoms with Crippen LogP contribution in [0.3, 0.4) is 0 Å². The fraction of sp³-hybridized carbons (Fsp3) is 0.324. The summed E-state index contributed by atoms with van der Waals surface area (Å²) in [6, 6.07) is 20.5. The van der Waals surface area contributed by atoms with E-state index in [1.165, 1.54) is 66.7 Å². The third-order valence-electron chi connectivity index (χ3n) is 8.22. The molecule has 0 radical (unpaired) electrons. The maximum atomic E-state index is 5.02. The zero-order chi connectivity index (χ0) is 28.6. The molecule has 0 atom stereocenters. The fourth-order valence-electron chi connectivity index (χ4n) is 6.83. The number of allylic oxidation sites excluding steroid dienone is 3. The predicted molar refractivity (Wildman–Crippen MR) is 172 cm³/mol. The number of anilines is 2. The highest BCUT2D eigenvalue weighted by Crippen LogP contribution is 2.39. The molecule has 2 N–H and O–H groups in total. The average molecular weight is 528 g/mol. The minimum atomic E-state index is -0.183. The lowest BCUT2D eigenvalue weighted by molar-refractivity contribution is 0.631. The maximum absolute atomic E-state index is 5.02. The largest absolute Gasteiger partial charge is 0.376 e. The second kappa shape index (κ2) is 8.83. The van der Waals surface area contributed by atoms with Crippen molar-refractivity contribution < 1.29 is 0 Å². The van der Waals surface area contributed by atoms with E-state index in [1.54, 1.807) is 0 Å². The second-order valence-electron chi connectivity index (χ2n) is 13.6. The van der Waals surface area contributed by atoms with Crippen LogP contribution in [0.1, 0.15) is 90.1 Å². The van der Waals surface area contributed by atoms with E-state index in [2.05, 4.69) is 146 Å². The lowest BCUT2D eigenvalue weighted by Crippen LogP contribution is -2.31. The third-order valence-corrected chi connectivity index (χ3v) is 8.22. The summed E-state index contributed by atoms with van der Waals surface area (Å²) in [5.41, 5.74) is 13.4. The Bertz CT molecular complexity index is 1710. The van der Waals surface area contributed by atoms with E-state index < -0.39 is 0 Å². The van der Waals surface area contributed by atoms with Crippen LogP contribution in [0.5, 0.6) is 0 Å². The lowest BCUT2D eigenvalue weighted by Gasteiger charge is -2.32. The van der Waals surface area contributed by atoms with Crippen molar-refractivity contribution >= 4 is 33.7 Å². The summed E-state index contributed by atoms with van der Waals surface area (Å²) < 4.78 is 0. The van der Waals surface area contributed by atoms with E-state index in [1.807, 2.05) is 0 Å². The van der Waals surface area contributed by atoms with Gasteiger partial charge in [0.1, 0.15) is 0 Å². The molecule has 0 bridgehead atoms. The molecular formula is C37H41N3. The standard InChI is InChI=1S/C37H41N3/c1-22-19-35(4,5)38-31-13-10-25(16-28(22)31)34(26-11-14-32-29(17-26)23(2)20-36(6,7)39-32)27-12-15-33-30(18-27)24(3)21-37(8,9)40-33/h10-21,38-39H,1-9H3. The van der Waals surface area contributed by atoms with Gasteiger partial charge >= 0.3 is 0 Å². The molecule has 204 valence electrons. The molecule has 3 aromatic carbocycles. The topological polar surface area (TPSA) is 36.4 Å². The van der Waals surface area contributed by atoms with E-state index >= 15 is 0 Å². The van der Waals surface area contributed by atoms with Crippen molar-refractivity contribution in [3.8, 4) is 0 Å². The molecule has 0 aromatic heterocycles. The Hall–Kier alpha value is -3.85. The van der Waals surface area contributed by atoms with Crippen LogP contribution in [0, 0.1) is 0 Å². The normalized spacial score (nSPS) is 19.3. The Morgan fingerprint density at radius 2 is 1.07 bits per heavy atom. The molecule has 3 aromatic rings. The first-order chi connectivity index (χ1) is 18.7. The van der Waals surface area contributed by atoms with Crippen molar-refractivity contribution in [2.24, 2.45) is 4.99 Å². The molecule has 0 saturated heterocycles. The fourth-order valence-corrected chi connectivity index (χ4v) is 6.83. The first kappa shape index (κ1) is 26.4. The summed E-state index contributed by atoms with van der Waals surface area (Å²) in [6.07, 6.45) is 6.94. The van der Waals surface area contributed by atoms with Gasteiger partial charge in [-0.3, -0.25) is 4.99 Å². The molecule has 0 unspecified atom stereocenters. The number of hydrogen-bond acceptors (Lipinski definition) is 3. The molecule has 0 saturated carbocycles. The van der Waals surface area contributed by atoms with Crippen LogP contribution in [-0.4, -0.2) is 16.6 Å². The van der Waals surface area contributed by atoms with Gasteiger partial charge in [-0.2, -0.15) is 0 Å². The van der Waals surface area contributed by atoms with Crippen LogP contribution in [0.25, 0.3) is 22.3 Å². The summed E-state index contributed by atoms with van der Waals surface area (Å²) >= 11 is 0. The van der Waals surface area contributed by atoms with Crippen LogP contribution in [0.2, 0.25) is 0 Å². The van der Waals surface area contributed by atoms with Crippen LogP contribution in [-0.2, 0) is 0 Å². The smallest absolute Gasteiger partial charge is 0.0744 e. The highest BCUT2D eigenvalue weighted by atomic mass is 15.0. The summed E-state index contributed by atoms with van der Waals surface area (Å²) in [5.74, 6) is 0. The Balaban J connectivity index is 1.62. The number of fused-ring (bicyclic) bond motifs is 3. The van der Waals surface area contributed by atoms with Crippen LogP contribution in [0.4, 0.5) is 11.4 Å². The Labute approximate surface area is 239 Å². The molecule has 3 heterocycles. The van der Waals surface area contributed by atoms with Crippen molar-refractivity contribution in [2.75, 3.05) is 10.6 Å². The van der Waals surface area contributed by atoms with E-state index in [4.69, 9.17) is 4.99 Å². The molecule has 0 spiro atoms. The van der Waals surface area contributed by atoms with Crippen molar-refractivity contribution in [3.63, 3.8) is 0 Å². The van der Waals surface area contributed by atoms with Gasteiger partial charge in [-0.05, 0) is 137 Å². The summed E-state index contributed by atoms with van der Waals surface area (Å²) in [4.78, 5) is 5.02. The van der Waals surface area contributed by atoms with Gasteiger partial charge < -0.3 is 10.6 Å². The quantitative estimate of drug-likeness (QED) is 0.355. The van der Waals surface area contributed by atoms with Gasteiger partial charge in [-0.15, -0.1) is 0 Å². The van der Waals surface area contributed by atoms with Gasteiger partial charge in [-0.1, -0.05) is 36.4 Å². The van der Waals surface area contributed by atoms with Crippen LogP contribution in [0.15, 0.2) is 77.8 Å². The van der Waals surface area contributed by atoms with E-state index in [0.717, 1.165) is 5.36 Å². The van der Waals surface area contributed by atoms with Gasteiger partial charge in [0.25, 0.3) is 0 Å². The van der Waals surface area contributed by atoms with E-state index in [-0.39, 0.29) is 16.6 Å². The van der Waals surface area contributed by atoms with Crippen molar-refractivity contribution in [1.82, 2.24) is 0 Å². The number of hydrogen-bond donors (Lipinski definition) is 2. The highest BCUT2D eigenvalue weighted by Gasteiger charge is 2.25. The van der Waals surface area contributed by atoms with Gasteiger partial charge in [0.05, 0.1) is 22.0 Å². The number of nitrogens with one attached hydrogen (secondary N) is 2. The summed E-state index contributed by atoms with van der Waals surface area (Å²) in [5, 5.41) is 9.67. The van der Waals surface area contributed by atoms with Gasteiger partial charge in [0.15, 0.2) is 0 Å². The molecule has 0 fully saturated rings. The number of benzene rings is 3. The molecule has 3 aliphatic rings. The Morgan fingerprint density at radius 1 is 0.575 bits per heavy atom. The first-order valence-corrected chi connectivity index (χ1v) is 14.4. The second-order valence-corrected chi connectivity index (χ2v) is 13.6. The summed E-state index contributed by atoms with van der Waals surface area (Å²) in [7, 11) is 0. The van der Waals surface area contributed by atoms with Gasteiger partial charge in [0.2, 0.25) is 0 Å². The van der Waals surface area contributed by atoms with Crippen molar-refractivity contribution in [1.29, 1.82) is 0 Å². The molecular weight excluding hydrogens is 486 g/mol. The SMILES string of the molecule is CC1=CC(C)(C)Nc2ccc(C(c3ccc4c(c3)C(C)=CC(C)(C)N4)=c3ccc4c(c3)C(C)=CC(C)(C)N=4)cc21. The average Bonchev–Trinajstić information content (AvgIpc) is 2.83. The van der Waals surface area contributed by atoms with Crippen LogP contribution >= 0.6 is 0 Å². The Kier molecular flexibility index (Phi) is 5.82. The van der Waals surface area contributed by atoms with E-state index in [9.17, 15) is 0 Å². The molecule has 6 rings (SSSR count). The molecule has 3 nitrogen and oxygen atoms in total. The molecule has 0 amide bonds. The van der Waals surface area contributed by atoms with Crippen molar-refractivity contribution in [3.05, 3.63) is 111 Å². The van der Waals surface area contributed by atoms with Crippen LogP contribution < -0.4 is 21.2 Å². The molecule has 0 aliphatic carbocycles. The molecule has 3 aliphatic heterocycles. The molecule has 3 heteroatoms. The minimum absolute atomic E-state index is 0.0616. The zero-order valence-corrected chi connectivity index (χ0v) is 25.4. The van der Waals surface area contributed by atoms with E-state index in [0.29, 0.717) is 0 Å². The Morgan fingerprint density at radius 3 is 1.60 bits per heavy atom. The monoisotopic (exact) mass is 527 g/mol. The number of nitrogens with zero attached hydrogens (tertiary/aromatic N) is 1. The van der Waals surface area contributed by atoms with Gasteiger partial charge in [-0.25, -0.2) is 0 Å². The number of rotatable bonds is 2. The first-order valence-electron chi connectivity index (χ1n) is 14.4. The third kappa shape index (κ3) is 4.72. The predicted octanol–water partition coefficient (Wildman–Crippen LogP) is 7.96. The van der Waals surface area contributed by atoms with Crippen molar-refractivity contribution in [2.45, 2.75) is 78.9 Å².